The Kier molecular flexibility index (Phi) is 8.66. The Labute approximate surface area is 215 Å². The van der Waals surface area contributed by atoms with Crippen LogP contribution in [0.2, 0.25) is 0 Å². The number of benzene rings is 3. The second-order valence-corrected chi connectivity index (χ2v) is 8.67. The number of hydrogen-bond acceptors (Lipinski definition) is 8. The third kappa shape index (κ3) is 6.81. The Bertz CT molecular complexity index is 1180. The average molecular weight is 505 g/mol. The Morgan fingerprint density at radius 2 is 1.05 bits per heavy atom. The van der Waals surface area contributed by atoms with Crippen molar-refractivity contribution < 1.29 is 38.1 Å². The van der Waals surface area contributed by atoms with Crippen LogP contribution in [0.15, 0.2) is 91.0 Å². The van der Waals surface area contributed by atoms with Crippen LogP contribution in [0.1, 0.15) is 44.9 Å². The van der Waals surface area contributed by atoms with Gasteiger partial charge in [-0.1, -0.05) is 54.6 Å². The zero-order valence-corrected chi connectivity index (χ0v) is 20.5. The van der Waals surface area contributed by atoms with Crippen molar-refractivity contribution in [1.82, 2.24) is 0 Å². The third-order valence-electron chi connectivity index (χ3n) is 5.56. The van der Waals surface area contributed by atoms with Gasteiger partial charge in [-0.25, -0.2) is 14.4 Å². The zero-order chi connectivity index (χ0) is 26.2. The number of carbonyl (C=O) groups excluding carboxylic acids is 3. The molecule has 0 amide bonds. The van der Waals surface area contributed by atoms with E-state index >= 15 is 0 Å². The fraction of sp³-hybridized carbons (Fsp3) is 0.276. The molecule has 4 rings (SSSR count). The van der Waals surface area contributed by atoms with E-state index in [0.29, 0.717) is 11.1 Å². The average Bonchev–Trinajstić information content (AvgIpc) is 2.92. The summed E-state index contributed by atoms with van der Waals surface area (Å²) < 4.78 is 29.0. The summed E-state index contributed by atoms with van der Waals surface area (Å²) in [6.45, 7) is 3.46. The highest BCUT2D eigenvalue weighted by Crippen LogP contribution is 2.28. The molecule has 3 aromatic carbocycles. The van der Waals surface area contributed by atoms with Crippen molar-refractivity contribution in [2.24, 2.45) is 0 Å². The number of ether oxygens (including phenoxy) is 5. The molecule has 37 heavy (non-hydrogen) atoms. The van der Waals surface area contributed by atoms with Gasteiger partial charge in [0.2, 0.25) is 0 Å². The first-order chi connectivity index (χ1) is 17.9. The second kappa shape index (κ2) is 12.3. The normalized spacial score (nSPS) is 21.2. The van der Waals surface area contributed by atoms with Gasteiger partial charge in [-0.05, 0) is 50.2 Å². The highest BCUT2D eigenvalue weighted by Gasteiger charge is 2.48. The Morgan fingerprint density at radius 1 is 0.649 bits per heavy atom. The molecule has 1 heterocycles. The first-order valence-corrected chi connectivity index (χ1v) is 12.0. The minimum Gasteiger partial charge on any atom is -0.452 e. The van der Waals surface area contributed by atoms with E-state index in [1.807, 2.05) is 0 Å². The van der Waals surface area contributed by atoms with Gasteiger partial charge in [0, 0.05) is 0 Å². The smallest absolute Gasteiger partial charge is 0.338 e. The number of hydrogen-bond donors (Lipinski definition) is 0. The third-order valence-corrected chi connectivity index (χ3v) is 5.56. The molecule has 0 aliphatic carbocycles. The van der Waals surface area contributed by atoms with E-state index in [4.69, 9.17) is 23.7 Å². The largest absolute Gasteiger partial charge is 0.452 e. The van der Waals surface area contributed by atoms with E-state index in [1.165, 1.54) is 0 Å². The molecule has 8 nitrogen and oxygen atoms in total. The summed E-state index contributed by atoms with van der Waals surface area (Å²) in [5.74, 6) is -1.97. The molecular formula is C29H28O8. The Morgan fingerprint density at radius 3 is 1.49 bits per heavy atom. The molecule has 0 aromatic heterocycles. The summed E-state index contributed by atoms with van der Waals surface area (Å²) in [5, 5.41) is 0. The summed E-state index contributed by atoms with van der Waals surface area (Å²) in [4.78, 5) is 38.9. The zero-order valence-electron chi connectivity index (χ0n) is 20.5. The highest BCUT2D eigenvalue weighted by atomic mass is 16.7. The van der Waals surface area contributed by atoms with Crippen LogP contribution in [-0.4, -0.2) is 55.2 Å². The predicted octanol–water partition coefficient (Wildman–Crippen LogP) is 4.44. The number of carbonyl (C=O) groups is 3. The SMILES string of the molecule is CC(C)O[C@@H]1OC[C@@H](OC(=O)c2ccccc2)[C@H](OC(=O)c2ccccc2)[C@H]1OC(=O)c1ccccc1. The van der Waals surface area contributed by atoms with Crippen molar-refractivity contribution in [3.63, 3.8) is 0 Å². The predicted molar refractivity (Wildman–Crippen MR) is 133 cm³/mol. The van der Waals surface area contributed by atoms with Gasteiger partial charge in [-0.15, -0.1) is 0 Å². The minimum atomic E-state index is -1.22. The van der Waals surface area contributed by atoms with Crippen LogP contribution in [0.5, 0.6) is 0 Å². The lowest BCUT2D eigenvalue weighted by atomic mass is 10.0. The van der Waals surface area contributed by atoms with Crippen LogP contribution < -0.4 is 0 Å². The fourth-order valence-electron chi connectivity index (χ4n) is 3.81. The van der Waals surface area contributed by atoms with Crippen molar-refractivity contribution in [1.29, 1.82) is 0 Å². The Hall–Kier alpha value is -4.01. The van der Waals surface area contributed by atoms with Crippen LogP contribution in [0.3, 0.4) is 0 Å². The molecule has 0 bridgehead atoms. The van der Waals surface area contributed by atoms with Gasteiger partial charge in [0.05, 0.1) is 29.4 Å². The summed E-state index contributed by atoms with van der Waals surface area (Å²) in [6, 6.07) is 25.1. The first kappa shape index (κ1) is 26.1. The van der Waals surface area contributed by atoms with Crippen molar-refractivity contribution in [3.05, 3.63) is 108 Å². The van der Waals surface area contributed by atoms with Crippen LogP contribution in [0.4, 0.5) is 0 Å². The molecular weight excluding hydrogens is 476 g/mol. The van der Waals surface area contributed by atoms with E-state index in [9.17, 15) is 14.4 Å². The van der Waals surface area contributed by atoms with Crippen molar-refractivity contribution >= 4 is 17.9 Å². The molecule has 192 valence electrons. The van der Waals surface area contributed by atoms with Crippen LogP contribution in [0.25, 0.3) is 0 Å². The van der Waals surface area contributed by atoms with Crippen molar-refractivity contribution in [2.75, 3.05) is 6.61 Å². The van der Waals surface area contributed by atoms with Gasteiger partial charge in [0.25, 0.3) is 0 Å². The van der Waals surface area contributed by atoms with Crippen LogP contribution in [0, 0.1) is 0 Å². The summed E-state index contributed by atoms with van der Waals surface area (Å²) in [6.07, 6.45) is -4.85. The second-order valence-electron chi connectivity index (χ2n) is 8.67. The molecule has 0 radical (unpaired) electrons. The summed E-state index contributed by atoms with van der Waals surface area (Å²) in [7, 11) is 0. The van der Waals surface area contributed by atoms with E-state index in [1.54, 1.807) is 105 Å². The molecule has 0 saturated carbocycles. The van der Waals surface area contributed by atoms with Gasteiger partial charge in [-0.2, -0.15) is 0 Å². The number of esters is 3. The van der Waals surface area contributed by atoms with E-state index < -0.39 is 42.5 Å². The summed E-state index contributed by atoms with van der Waals surface area (Å²) >= 11 is 0. The van der Waals surface area contributed by atoms with Crippen molar-refractivity contribution in [2.45, 2.75) is 44.6 Å². The molecule has 0 unspecified atom stereocenters. The molecule has 1 aliphatic rings. The van der Waals surface area contributed by atoms with Gasteiger partial charge < -0.3 is 23.7 Å². The van der Waals surface area contributed by atoms with Crippen LogP contribution >= 0.6 is 0 Å². The minimum absolute atomic E-state index is 0.137. The fourth-order valence-corrected chi connectivity index (χ4v) is 3.81. The highest BCUT2D eigenvalue weighted by molar-refractivity contribution is 5.91. The lowest BCUT2D eigenvalue weighted by Gasteiger charge is -2.41. The molecule has 1 fully saturated rings. The topological polar surface area (TPSA) is 97.4 Å². The van der Waals surface area contributed by atoms with Gasteiger partial charge in [0.1, 0.15) is 0 Å². The molecule has 8 heteroatoms. The lowest BCUT2D eigenvalue weighted by Crippen LogP contribution is -2.58. The maximum absolute atomic E-state index is 13.1. The van der Waals surface area contributed by atoms with E-state index in [2.05, 4.69) is 0 Å². The molecule has 1 aliphatic heterocycles. The monoisotopic (exact) mass is 504 g/mol. The maximum Gasteiger partial charge on any atom is 0.338 e. The molecule has 0 spiro atoms. The molecule has 3 aromatic rings. The molecule has 1 saturated heterocycles. The van der Waals surface area contributed by atoms with Gasteiger partial charge in [-0.3, -0.25) is 0 Å². The van der Waals surface area contributed by atoms with E-state index in [-0.39, 0.29) is 18.3 Å². The number of rotatable bonds is 8. The lowest BCUT2D eigenvalue weighted by molar-refractivity contribution is -0.277. The van der Waals surface area contributed by atoms with Gasteiger partial charge >= 0.3 is 17.9 Å². The van der Waals surface area contributed by atoms with Gasteiger partial charge in [0.15, 0.2) is 24.6 Å². The molecule has 4 atom stereocenters. The van der Waals surface area contributed by atoms with Crippen molar-refractivity contribution in [3.8, 4) is 0 Å². The standard InChI is InChI=1S/C29H28O8/c1-19(2)34-29-25(37-28(32)22-16-10-5-11-17-22)24(36-27(31)21-14-8-4-9-15-21)23(18-33-29)35-26(30)20-12-6-3-7-13-20/h3-17,19,23-25,29H,18H2,1-2H3/t23-,24+,25-,29+/m1/s1. The Balaban J connectivity index is 1.65. The summed E-state index contributed by atoms with van der Waals surface area (Å²) in [5.41, 5.74) is 0.896. The molecule has 0 N–H and O–H groups in total. The van der Waals surface area contributed by atoms with E-state index in [0.717, 1.165) is 0 Å². The van der Waals surface area contributed by atoms with Crippen LogP contribution in [-0.2, 0) is 23.7 Å². The first-order valence-electron chi connectivity index (χ1n) is 12.0. The quantitative estimate of drug-likeness (QED) is 0.328. The maximum atomic E-state index is 13.1.